The lowest BCUT2D eigenvalue weighted by atomic mass is 9.99. The van der Waals surface area contributed by atoms with Crippen LogP contribution in [0.3, 0.4) is 0 Å². The monoisotopic (exact) mass is 357 g/mol. The lowest BCUT2D eigenvalue weighted by Gasteiger charge is -2.14. The van der Waals surface area contributed by atoms with E-state index in [1.807, 2.05) is 0 Å². The molecule has 4 rings (SSSR count). The highest BCUT2D eigenvalue weighted by molar-refractivity contribution is 6.35. The van der Waals surface area contributed by atoms with Crippen LogP contribution in [0.5, 0.6) is 0 Å². The molecule has 132 valence electrons. The second kappa shape index (κ2) is 6.10. The maximum Gasteiger partial charge on any atom is 0.266 e. The van der Waals surface area contributed by atoms with Gasteiger partial charge in [-0.25, -0.2) is 4.90 Å². The van der Waals surface area contributed by atoms with Crippen LogP contribution in [0, 0.1) is 0 Å². The van der Waals surface area contributed by atoms with E-state index >= 15 is 0 Å². The highest BCUT2D eigenvalue weighted by Gasteiger charge is 2.37. The number of benzene rings is 3. The van der Waals surface area contributed by atoms with Crippen molar-refractivity contribution in [1.82, 2.24) is 0 Å². The molecule has 1 aliphatic rings. The van der Waals surface area contributed by atoms with E-state index in [0.29, 0.717) is 28.2 Å². The number of hydrogen-bond acceptors (Lipinski definition) is 5. The Morgan fingerprint density at radius 1 is 0.704 bits per heavy atom. The highest BCUT2D eigenvalue weighted by atomic mass is 16.2. The number of carbonyl (C=O) groups excluding carboxylic acids is 3. The van der Waals surface area contributed by atoms with Gasteiger partial charge in [-0.2, -0.15) is 0 Å². The quantitative estimate of drug-likeness (QED) is 0.426. The molecule has 3 aromatic rings. The minimum absolute atomic E-state index is 0.198. The maximum absolute atomic E-state index is 12.8. The summed E-state index contributed by atoms with van der Waals surface area (Å²) in [6, 6.07) is 17.6. The predicted molar refractivity (Wildman–Crippen MR) is 103 cm³/mol. The Labute approximate surface area is 155 Å². The first-order valence-electron chi connectivity index (χ1n) is 8.24. The van der Waals surface area contributed by atoms with Crippen LogP contribution < -0.4 is 16.4 Å². The summed E-state index contributed by atoms with van der Waals surface area (Å²) in [5.74, 6) is -1.17. The number of hydrogen-bond donors (Lipinski definition) is 2. The Hall–Kier alpha value is -3.93. The minimum atomic E-state index is -0.479. The Morgan fingerprint density at radius 2 is 1.37 bits per heavy atom. The molecular formula is C21H15N3O3. The Bertz CT molecular complexity index is 1100. The summed E-state index contributed by atoms with van der Waals surface area (Å²) in [6.45, 7) is 0. The van der Waals surface area contributed by atoms with E-state index in [-0.39, 0.29) is 16.9 Å². The SMILES string of the molecule is Nc1ccc(C(=O)c2ccc3c(c2)C(=O)N(c2cccc(N)c2)C3=O)cc1. The van der Waals surface area contributed by atoms with Crippen molar-refractivity contribution in [3.05, 3.63) is 89.0 Å². The van der Waals surface area contributed by atoms with E-state index in [2.05, 4.69) is 0 Å². The third kappa shape index (κ3) is 2.73. The van der Waals surface area contributed by atoms with E-state index in [1.54, 1.807) is 54.6 Å². The Balaban J connectivity index is 1.72. The number of fused-ring (bicyclic) bond motifs is 1. The molecule has 0 atom stereocenters. The van der Waals surface area contributed by atoms with Gasteiger partial charge >= 0.3 is 0 Å². The highest BCUT2D eigenvalue weighted by Crippen LogP contribution is 2.30. The standard InChI is InChI=1S/C21H15N3O3/c22-14-7-4-12(5-8-14)19(25)13-6-9-17-18(10-13)21(27)24(20(17)26)16-3-1-2-15(23)11-16/h1-11H,22-23H2. The fourth-order valence-electron chi connectivity index (χ4n) is 3.08. The molecule has 6 nitrogen and oxygen atoms in total. The summed E-state index contributed by atoms with van der Waals surface area (Å²) in [7, 11) is 0. The van der Waals surface area contributed by atoms with Gasteiger partial charge in [-0.3, -0.25) is 14.4 Å². The summed E-state index contributed by atoms with van der Waals surface area (Å²) in [5, 5.41) is 0. The molecule has 2 amide bonds. The minimum Gasteiger partial charge on any atom is -0.399 e. The average molecular weight is 357 g/mol. The summed E-state index contributed by atoms with van der Waals surface area (Å²) in [6.07, 6.45) is 0. The first kappa shape index (κ1) is 16.5. The van der Waals surface area contributed by atoms with Crippen molar-refractivity contribution in [3.63, 3.8) is 0 Å². The molecule has 0 radical (unpaired) electrons. The largest absolute Gasteiger partial charge is 0.399 e. The van der Waals surface area contributed by atoms with Crippen LogP contribution in [-0.4, -0.2) is 17.6 Å². The number of nitrogens with two attached hydrogens (primary N) is 2. The van der Waals surface area contributed by atoms with Gasteiger partial charge in [-0.05, 0) is 54.6 Å². The van der Waals surface area contributed by atoms with Crippen LogP contribution in [0.15, 0.2) is 66.7 Å². The van der Waals surface area contributed by atoms with E-state index in [0.717, 1.165) is 4.90 Å². The molecule has 4 N–H and O–H groups in total. The Morgan fingerprint density at radius 3 is 2.07 bits per heavy atom. The number of anilines is 3. The van der Waals surface area contributed by atoms with Gasteiger partial charge in [0, 0.05) is 22.5 Å². The van der Waals surface area contributed by atoms with Crippen molar-refractivity contribution in [2.45, 2.75) is 0 Å². The van der Waals surface area contributed by atoms with Crippen LogP contribution in [0.2, 0.25) is 0 Å². The van der Waals surface area contributed by atoms with Crippen LogP contribution in [0.25, 0.3) is 0 Å². The summed E-state index contributed by atoms with van der Waals surface area (Å²) < 4.78 is 0. The van der Waals surface area contributed by atoms with Gasteiger partial charge in [0.05, 0.1) is 16.8 Å². The second-order valence-electron chi connectivity index (χ2n) is 6.25. The summed E-state index contributed by atoms with van der Waals surface area (Å²) in [4.78, 5) is 39.2. The average Bonchev–Trinajstić information content (AvgIpc) is 2.92. The van der Waals surface area contributed by atoms with E-state index in [4.69, 9.17) is 11.5 Å². The van der Waals surface area contributed by atoms with Crippen molar-refractivity contribution in [3.8, 4) is 0 Å². The van der Waals surface area contributed by atoms with Gasteiger partial charge in [-0.1, -0.05) is 12.1 Å². The molecule has 27 heavy (non-hydrogen) atoms. The topological polar surface area (TPSA) is 106 Å². The number of amides is 2. The lowest BCUT2D eigenvalue weighted by molar-refractivity contribution is 0.0925. The van der Waals surface area contributed by atoms with Crippen molar-refractivity contribution in [2.75, 3.05) is 16.4 Å². The molecule has 0 saturated heterocycles. The van der Waals surface area contributed by atoms with Crippen molar-refractivity contribution >= 4 is 34.7 Å². The molecule has 0 aromatic heterocycles. The van der Waals surface area contributed by atoms with Gasteiger partial charge in [-0.15, -0.1) is 0 Å². The lowest BCUT2D eigenvalue weighted by Crippen LogP contribution is -2.29. The smallest absolute Gasteiger partial charge is 0.266 e. The molecule has 0 fully saturated rings. The number of ketones is 1. The van der Waals surface area contributed by atoms with Crippen molar-refractivity contribution < 1.29 is 14.4 Å². The number of nitrogens with zero attached hydrogens (tertiary/aromatic N) is 1. The van der Waals surface area contributed by atoms with Crippen LogP contribution >= 0.6 is 0 Å². The normalized spacial score (nSPS) is 13.0. The summed E-state index contributed by atoms with van der Waals surface area (Å²) >= 11 is 0. The maximum atomic E-state index is 12.8. The summed E-state index contributed by atoms with van der Waals surface area (Å²) in [5.41, 5.74) is 14.0. The zero-order valence-corrected chi connectivity index (χ0v) is 14.2. The molecule has 1 heterocycles. The molecule has 6 heteroatoms. The Kier molecular flexibility index (Phi) is 3.74. The molecule has 0 saturated carbocycles. The first-order valence-corrected chi connectivity index (χ1v) is 8.24. The van der Waals surface area contributed by atoms with Gasteiger partial charge in [0.15, 0.2) is 5.78 Å². The molecule has 0 unspecified atom stereocenters. The van der Waals surface area contributed by atoms with Gasteiger partial charge in [0.2, 0.25) is 0 Å². The fourth-order valence-corrected chi connectivity index (χ4v) is 3.08. The zero-order valence-electron chi connectivity index (χ0n) is 14.2. The van der Waals surface area contributed by atoms with Crippen molar-refractivity contribution in [2.24, 2.45) is 0 Å². The third-order valence-corrected chi connectivity index (χ3v) is 4.45. The van der Waals surface area contributed by atoms with E-state index in [9.17, 15) is 14.4 Å². The van der Waals surface area contributed by atoms with Crippen LogP contribution in [0.4, 0.5) is 17.1 Å². The van der Waals surface area contributed by atoms with Gasteiger partial charge in [0.25, 0.3) is 11.8 Å². The molecule has 3 aromatic carbocycles. The first-order chi connectivity index (χ1) is 13.0. The number of rotatable bonds is 3. The predicted octanol–water partition coefficient (Wildman–Crippen LogP) is 2.88. The number of carbonyl (C=O) groups is 3. The molecule has 0 aliphatic carbocycles. The van der Waals surface area contributed by atoms with Crippen LogP contribution in [0.1, 0.15) is 36.6 Å². The van der Waals surface area contributed by atoms with Gasteiger partial charge in [0.1, 0.15) is 0 Å². The second-order valence-corrected chi connectivity index (χ2v) is 6.25. The third-order valence-electron chi connectivity index (χ3n) is 4.45. The van der Waals surface area contributed by atoms with Crippen LogP contribution in [-0.2, 0) is 0 Å². The molecule has 0 spiro atoms. The van der Waals surface area contributed by atoms with E-state index in [1.165, 1.54) is 12.1 Å². The molecular weight excluding hydrogens is 342 g/mol. The van der Waals surface area contributed by atoms with E-state index < -0.39 is 11.8 Å². The number of nitrogen functional groups attached to an aromatic ring is 2. The van der Waals surface area contributed by atoms with Gasteiger partial charge < -0.3 is 11.5 Å². The zero-order chi connectivity index (χ0) is 19.1. The molecule has 1 aliphatic heterocycles. The van der Waals surface area contributed by atoms with Crippen molar-refractivity contribution in [1.29, 1.82) is 0 Å². The number of imide groups is 1. The molecule has 0 bridgehead atoms. The fraction of sp³-hybridized carbons (Fsp3) is 0.